The zero-order valence-electron chi connectivity index (χ0n) is 13.7. The molecule has 3 rings (SSSR count). The average Bonchev–Trinajstić information content (AvgIpc) is 2.91. The van der Waals surface area contributed by atoms with Gasteiger partial charge in [-0.3, -0.25) is 4.79 Å². The molecule has 1 N–H and O–H groups in total. The van der Waals surface area contributed by atoms with Crippen molar-refractivity contribution in [3.63, 3.8) is 0 Å². The molecule has 0 atom stereocenters. The summed E-state index contributed by atoms with van der Waals surface area (Å²) in [6.45, 7) is 5.39. The van der Waals surface area contributed by atoms with Gasteiger partial charge in [0.2, 0.25) is 0 Å². The van der Waals surface area contributed by atoms with E-state index in [-0.39, 0.29) is 18.0 Å². The lowest BCUT2D eigenvalue weighted by Gasteiger charge is -2.30. The monoisotopic (exact) mass is 346 g/mol. The van der Waals surface area contributed by atoms with Crippen molar-refractivity contribution in [3.8, 4) is 17.9 Å². The van der Waals surface area contributed by atoms with Gasteiger partial charge in [0.05, 0.1) is 12.9 Å². The van der Waals surface area contributed by atoms with Crippen molar-refractivity contribution in [1.29, 1.82) is 5.26 Å². The van der Waals surface area contributed by atoms with E-state index in [1.54, 1.807) is 14.0 Å². The van der Waals surface area contributed by atoms with Crippen LogP contribution >= 0.6 is 12.4 Å². The average molecular weight is 347 g/mol. The normalized spacial score (nSPS) is 13.8. The molecule has 2 aromatic rings. The van der Waals surface area contributed by atoms with Crippen molar-refractivity contribution >= 4 is 29.3 Å². The molecule has 0 bridgehead atoms. The van der Waals surface area contributed by atoms with E-state index in [1.807, 2.05) is 4.57 Å². The molecular formula is C16H19ClN6O. The van der Waals surface area contributed by atoms with Crippen LogP contribution in [0.25, 0.3) is 11.0 Å². The topological polar surface area (TPSA) is 78.9 Å². The van der Waals surface area contributed by atoms with Gasteiger partial charge in [0.15, 0.2) is 0 Å². The Morgan fingerprint density at radius 2 is 2.08 bits per heavy atom. The second-order valence-corrected chi connectivity index (χ2v) is 5.42. The van der Waals surface area contributed by atoms with Crippen LogP contribution in [0.2, 0.25) is 0 Å². The summed E-state index contributed by atoms with van der Waals surface area (Å²) >= 11 is 0. The Balaban J connectivity index is 0.00000208. The molecule has 1 fully saturated rings. The number of fused-ring (bicyclic) bond motifs is 1. The van der Waals surface area contributed by atoms with Gasteiger partial charge in [-0.2, -0.15) is 5.26 Å². The number of nitrogens with zero attached hydrogens (tertiary/aromatic N) is 5. The quantitative estimate of drug-likeness (QED) is 0.799. The number of aromatic nitrogens is 3. The fraction of sp³-hybridized carbons (Fsp3) is 0.438. The Bertz CT molecular complexity index is 905. The summed E-state index contributed by atoms with van der Waals surface area (Å²) in [6.07, 6.45) is 1.46. The largest absolute Gasteiger partial charge is 0.354 e. The Labute approximate surface area is 146 Å². The first kappa shape index (κ1) is 17.9. The summed E-state index contributed by atoms with van der Waals surface area (Å²) < 4.78 is 3.27. The molecule has 2 aromatic heterocycles. The highest BCUT2D eigenvalue weighted by Gasteiger charge is 2.25. The Morgan fingerprint density at radius 3 is 2.71 bits per heavy atom. The van der Waals surface area contributed by atoms with Gasteiger partial charge >= 0.3 is 0 Å². The molecule has 24 heavy (non-hydrogen) atoms. The maximum absolute atomic E-state index is 12.6. The number of nitriles is 1. The summed E-state index contributed by atoms with van der Waals surface area (Å²) in [5, 5.41) is 13.0. The van der Waals surface area contributed by atoms with Crippen molar-refractivity contribution in [2.45, 2.75) is 13.5 Å². The number of halogens is 1. The fourth-order valence-electron chi connectivity index (χ4n) is 2.92. The van der Waals surface area contributed by atoms with Crippen molar-refractivity contribution in [2.24, 2.45) is 7.05 Å². The van der Waals surface area contributed by atoms with E-state index in [0.717, 1.165) is 32.0 Å². The molecule has 0 aliphatic carbocycles. The minimum Gasteiger partial charge on any atom is -0.354 e. The van der Waals surface area contributed by atoms with Crippen LogP contribution in [0.1, 0.15) is 12.5 Å². The van der Waals surface area contributed by atoms with E-state index in [4.69, 9.17) is 0 Å². The molecule has 0 unspecified atom stereocenters. The third kappa shape index (κ3) is 2.84. The second-order valence-electron chi connectivity index (χ2n) is 5.42. The van der Waals surface area contributed by atoms with Gasteiger partial charge in [0.25, 0.3) is 5.56 Å². The SMILES string of the molecule is CC#CCn1c(N2CCNCC2)c(C#N)c2ncn(C)c(=O)c21.Cl. The van der Waals surface area contributed by atoms with Crippen LogP contribution in [0.4, 0.5) is 5.82 Å². The summed E-state index contributed by atoms with van der Waals surface area (Å²) in [4.78, 5) is 19.0. The van der Waals surface area contributed by atoms with Gasteiger partial charge < -0.3 is 19.4 Å². The maximum atomic E-state index is 12.6. The van der Waals surface area contributed by atoms with E-state index < -0.39 is 0 Å². The highest BCUT2D eigenvalue weighted by atomic mass is 35.5. The number of hydrogen-bond donors (Lipinski definition) is 1. The van der Waals surface area contributed by atoms with Gasteiger partial charge in [-0.25, -0.2) is 4.98 Å². The molecule has 0 saturated carbocycles. The molecule has 126 valence electrons. The smallest absolute Gasteiger partial charge is 0.277 e. The van der Waals surface area contributed by atoms with Gasteiger partial charge in [-0.1, -0.05) is 5.92 Å². The number of aryl methyl sites for hydroxylation is 1. The van der Waals surface area contributed by atoms with Crippen LogP contribution in [0.3, 0.4) is 0 Å². The van der Waals surface area contributed by atoms with E-state index in [2.05, 4.69) is 33.1 Å². The zero-order valence-corrected chi connectivity index (χ0v) is 14.5. The van der Waals surface area contributed by atoms with Crippen molar-refractivity contribution < 1.29 is 0 Å². The molecule has 3 heterocycles. The van der Waals surface area contributed by atoms with Crippen LogP contribution in [0.5, 0.6) is 0 Å². The third-order valence-corrected chi connectivity index (χ3v) is 4.04. The first-order valence-electron chi connectivity index (χ1n) is 7.52. The molecule has 0 aromatic carbocycles. The van der Waals surface area contributed by atoms with Crippen LogP contribution in [0, 0.1) is 23.2 Å². The fourth-order valence-corrected chi connectivity index (χ4v) is 2.92. The summed E-state index contributed by atoms with van der Waals surface area (Å²) in [5.74, 6) is 6.62. The molecular weight excluding hydrogens is 328 g/mol. The molecule has 0 amide bonds. The van der Waals surface area contributed by atoms with E-state index >= 15 is 0 Å². The molecule has 8 heteroatoms. The van der Waals surface area contributed by atoms with Gasteiger partial charge in [0.1, 0.15) is 28.5 Å². The predicted molar refractivity (Wildman–Crippen MR) is 95.5 cm³/mol. The number of rotatable bonds is 2. The second kappa shape index (κ2) is 7.39. The molecule has 1 saturated heterocycles. The molecule has 0 spiro atoms. The Morgan fingerprint density at radius 1 is 1.38 bits per heavy atom. The van der Waals surface area contributed by atoms with E-state index in [9.17, 15) is 10.1 Å². The maximum Gasteiger partial charge on any atom is 0.277 e. The van der Waals surface area contributed by atoms with E-state index in [0.29, 0.717) is 23.1 Å². The number of hydrogen-bond acceptors (Lipinski definition) is 5. The number of piperazine rings is 1. The molecule has 0 radical (unpaired) electrons. The highest BCUT2D eigenvalue weighted by molar-refractivity contribution is 5.89. The Hall–Kier alpha value is -2.48. The van der Waals surface area contributed by atoms with Crippen LogP contribution in [-0.4, -0.2) is 40.3 Å². The minimum atomic E-state index is -0.161. The lowest BCUT2D eigenvalue weighted by atomic mass is 10.2. The van der Waals surface area contributed by atoms with Crippen LogP contribution in [0.15, 0.2) is 11.1 Å². The summed E-state index contributed by atoms with van der Waals surface area (Å²) in [7, 11) is 1.66. The third-order valence-electron chi connectivity index (χ3n) is 4.04. The van der Waals surface area contributed by atoms with E-state index in [1.165, 1.54) is 10.9 Å². The van der Waals surface area contributed by atoms with Crippen LogP contribution < -0.4 is 15.8 Å². The number of nitrogens with one attached hydrogen (secondary N) is 1. The Kier molecular flexibility index (Phi) is 5.50. The van der Waals surface area contributed by atoms with Crippen molar-refractivity contribution in [1.82, 2.24) is 19.4 Å². The van der Waals surface area contributed by atoms with Crippen molar-refractivity contribution in [2.75, 3.05) is 31.1 Å². The standard InChI is InChI=1S/C16H18N6O.ClH/c1-3-4-7-22-14-13(19-11-20(2)16(14)23)12(10-17)15(22)21-8-5-18-6-9-21;/h11,18H,5-9H2,1-2H3;1H. The first-order valence-corrected chi connectivity index (χ1v) is 7.52. The highest BCUT2D eigenvalue weighted by Crippen LogP contribution is 2.29. The first-order chi connectivity index (χ1) is 11.2. The lowest BCUT2D eigenvalue weighted by Crippen LogP contribution is -2.44. The predicted octanol–water partition coefficient (Wildman–Crippen LogP) is 0.461. The minimum absolute atomic E-state index is 0. The summed E-state index contributed by atoms with van der Waals surface area (Å²) in [5.41, 5.74) is 1.20. The molecule has 7 nitrogen and oxygen atoms in total. The van der Waals surface area contributed by atoms with Gasteiger partial charge in [-0.15, -0.1) is 18.3 Å². The lowest BCUT2D eigenvalue weighted by molar-refractivity contribution is 0.577. The molecule has 1 aliphatic rings. The number of anilines is 1. The van der Waals surface area contributed by atoms with Gasteiger partial charge in [-0.05, 0) is 6.92 Å². The van der Waals surface area contributed by atoms with Crippen LogP contribution in [-0.2, 0) is 13.6 Å². The van der Waals surface area contributed by atoms with Crippen molar-refractivity contribution in [3.05, 3.63) is 22.2 Å². The molecule has 1 aliphatic heterocycles. The van der Waals surface area contributed by atoms with Gasteiger partial charge in [0, 0.05) is 33.2 Å². The zero-order chi connectivity index (χ0) is 16.4. The summed E-state index contributed by atoms with van der Waals surface area (Å²) in [6, 6.07) is 2.24.